The fourth-order valence-electron chi connectivity index (χ4n) is 2.90. The van der Waals surface area contributed by atoms with Gasteiger partial charge in [-0.2, -0.15) is 0 Å². The van der Waals surface area contributed by atoms with Crippen molar-refractivity contribution in [1.82, 2.24) is 15.2 Å². The average Bonchev–Trinajstić information content (AvgIpc) is 3.08. The summed E-state index contributed by atoms with van der Waals surface area (Å²) in [5, 5.41) is 13.6. The van der Waals surface area contributed by atoms with E-state index in [1.807, 2.05) is 13.8 Å². The van der Waals surface area contributed by atoms with Crippen LogP contribution in [0.4, 0.5) is 5.13 Å². The number of nitrogens with two attached hydrogens (primary N) is 1. The van der Waals surface area contributed by atoms with Crippen LogP contribution in [0.2, 0.25) is 0 Å². The second-order valence-electron chi connectivity index (χ2n) is 6.39. The fraction of sp³-hybridized carbons (Fsp3) is 0.353. The summed E-state index contributed by atoms with van der Waals surface area (Å²) in [4.78, 5) is 46.6. The molecule has 1 fully saturated rings. The molecule has 9 nitrogen and oxygen atoms in total. The van der Waals surface area contributed by atoms with Gasteiger partial charge in [0, 0.05) is 17.2 Å². The number of β-lactam (4-membered cyclic amide) rings is 1. The molecular weight excluding hydrogens is 402 g/mol. The Morgan fingerprint density at radius 2 is 2.25 bits per heavy atom. The summed E-state index contributed by atoms with van der Waals surface area (Å²) < 4.78 is 0. The van der Waals surface area contributed by atoms with Gasteiger partial charge in [-0.1, -0.05) is 12.7 Å². The highest BCUT2D eigenvalue weighted by Crippen LogP contribution is 2.40. The summed E-state index contributed by atoms with van der Waals surface area (Å²) in [6.45, 7) is 7.24. The third-order valence-corrected chi connectivity index (χ3v) is 6.08. The van der Waals surface area contributed by atoms with Crippen LogP contribution in [0.25, 0.3) is 0 Å². The molecule has 28 heavy (non-hydrogen) atoms. The summed E-state index contributed by atoms with van der Waals surface area (Å²) >= 11 is 2.56. The zero-order valence-electron chi connectivity index (χ0n) is 15.2. The van der Waals surface area contributed by atoms with Crippen molar-refractivity contribution in [3.05, 3.63) is 35.0 Å². The number of carbonyl (C=O) groups is 3. The summed E-state index contributed by atoms with van der Waals surface area (Å²) in [7, 11) is 0. The predicted octanol–water partition coefficient (Wildman–Crippen LogP) is 0.847. The second kappa shape index (κ2) is 7.76. The van der Waals surface area contributed by atoms with Gasteiger partial charge in [0.25, 0.3) is 11.8 Å². The number of aliphatic carboxylic acids is 1. The van der Waals surface area contributed by atoms with Gasteiger partial charge in [-0.25, -0.2) is 9.78 Å². The van der Waals surface area contributed by atoms with Crippen molar-refractivity contribution in [2.24, 2.45) is 4.99 Å². The number of hydrogen-bond donors (Lipinski definition) is 3. The molecule has 4 N–H and O–H groups in total. The second-order valence-corrected chi connectivity index (χ2v) is 8.38. The van der Waals surface area contributed by atoms with E-state index in [0.29, 0.717) is 22.2 Å². The van der Waals surface area contributed by atoms with Crippen LogP contribution in [0, 0.1) is 0 Å². The van der Waals surface area contributed by atoms with E-state index in [4.69, 9.17) is 5.73 Å². The maximum atomic E-state index is 12.8. The Hall–Kier alpha value is -2.66. The molecule has 148 valence electrons. The van der Waals surface area contributed by atoms with E-state index in [1.54, 1.807) is 5.38 Å². The molecule has 3 heterocycles. The maximum Gasteiger partial charge on any atom is 0.352 e. The Labute approximate surface area is 169 Å². The number of rotatable bonds is 6. The molecule has 0 aliphatic carbocycles. The summed E-state index contributed by atoms with van der Waals surface area (Å²) in [6.07, 6.45) is 1.44. The molecule has 1 aromatic rings. The zero-order valence-corrected chi connectivity index (χ0v) is 16.8. The van der Waals surface area contributed by atoms with E-state index < -0.39 is 29.2 Å². The van der Waals surface area contributed by atoms with Crippen molar-refractivity contribution >= 4 is 51.7 Å². The molecule has 2 aliphatic heterocycles. The smallest absolute Gasteiger partial charge is 0.352 e. The van der Waals surface area contributed by atoms with E-state index in [2.05, 4.69) is 21.9 Å². The van der Waals surface area contributed by atoms with Crippen molar-refractivity contribution in [2.45, 2.75) is 31.3 Å². The molecule has 2 amide bonds. The van der Waals surface area contributed by atoms with E-state index in [1.165, 1.54) is 34.1 Å². The number of nitrogen functional groups attached to an aromatic ring is 1. The number of aromatic nitrogens is 1. The van der Waals surface area contributed by atoms with Crippen LogP contribution in [-0.2, 0) is 14.4 Å². The third-order valence-electron chi connectivity index (χ3n) is 4.10. The Bertz CT molecular complexity index is 920. The van der Waals surface area contributed by atoms with E-state index in [0.717, 1.165) is 0 Å². The lowest BCUT2D eigenvalue weighted by Crippen LogP contribution is -2.71. The molecule has 11 heteroatoms. The molecule has 1 saturated heterocycles. The number of anilines is 1. The molecule has 3 rings (SSSR count). The van der Waals surface area contributed by atoms with Gasteiger partial charge in [0.15, 0.2) is 5.13 Å². The lowest BCUT2D eigenvalue weighted by atomic mass is 10.0. The Morgan fingerprint density at radius 3 is 2.79 bits per heavy atom. The number of carboxylic acid groups (broad SMARTS) is 1. The standard InChI is InChI=1S/C17H19N5O4S2/c1-4-8-5-27-15-11(14(24)22(15)12(8)16(25)26)21-13(23)10(19-7(2)3)9-6-28-17(18)20-9/h4,6-7,11,15H,1,5H2,2-3H3,(H2,18,20)(H,21,23)(H,25,26)/b19-10-/t11-,15-/m1/s1. The SMILES string of the molecule is C=CC1=C(C(=O)O)N2C(=O)[C@@H](NC(=O)/C(=N\C(C)C)c3csc(N)n3)[C@H]2SC1. The Balaban J connectivity index is 1.82. The van der Waals surface area contributed by atoms with Gasteiger partial charge >= 0.3 is 5.97 Å². The molecule has 0 aromatic carbocycles. The lowest BCUT2D eigenvalue weighted by molar-refractivity contribution is -0.150. The third kappa shape index (κ3) is 3.54. The molecule has 2 atom stereocenters. The van der Waals surface area contributed by atoms with Crippen LogP contribution >= 0.6 is 23.1 Å². The van der Waals surface area contributed by atoms with Gasteiger partial charge in [0.2, 0.25) is 0 Å². The number of amides is 2. The van der Waals surface area contributed by atoms with Crippen LogP contribution in [0.3, 0.4) is 0 Å². The van der Waals surface area contributed by atoms with E-state index in [9.17, 15) is 19.5 Å². The van der Waals surface area contributed by atoms with Crippen molar-refractivity contribution in [1.29, 1.82) is 0 Å². The average molecular weight is 422 g/mol. The van der Waals surface area contributed by atoms with Crippen molar-refractivity contribution in [3.63, 3.8) is 0 Å². The first-order chi connectivity index (χ1) is 13.2. The monoisotopic (exact) mass is 421 g/mol. The zero-order chi connectivity index (χ0) is 20.6. The van der Waals surface area contributed by atoms with Gasteiger partial charge in [-0.15, -0.1) is 23.1 Å². The number of nitrogens with zero attached hydrogens (tertiary/aromatic N) is 3. The van der Waals surface area contributed by atoms with Crippen LogP contribution in [-0.4, -0.2) is 61.7 Å². The van der Waals surface area contributed by atoms with E-state index >= 15 is 0 Å². The molecule has 0 saturated carbocycles. The summed E-state index contributed by atoms with van der Waals surface area (Å²) in [5.41, 5.74) is 6.48. The van der Waals surface area contributed by atoms with Crippen LogP contribution in [0.1, 0.15) is 19.5 Å². The first kappa shape index (κ1) is 20.1. The van der Waals surface area contributed by atoms with Crippen molar-refractivity contribution < 1.29 is 19.5 Å². The fourth-order valence-corrected chi connectivity index (χ4v) is 4.79. The highest BCUT2D eigenvalue weighted by Gasteiger charge is 2.54. The minimum atomic E-state index is -1.20. The normalized spacial score (nSPS) is 22.0. The van der Waals surface area contributed by atoms with Gasteiger partial charge in [-0.3, -0.25) is 19.5 Å². The first-order valence-electron chi connectivity index (χ1n) is 8.38. The minimum absolute atomic E-state index is 0.0856. The number of fused-ring (bicyclic) bond motifs is 1. The van der Waals surface area contributed by atoms with Gasteiger partial charge in [0.1, 0.15) is 28.5 Å². The number of hydrogen-bond acceptors (Lipinski definition) is 8. The first-order valence-corrected chi connectivity index (χ1v) is 10.3. The van der Waals surface area contributed by atoms with Gasteiger partial charge in [0.05, 0.1) is 0 Å². The molecule has 1 aromatic heterocycles. The molecule has 2 aliphatic rings. The highest BCUT2D eigenvalue weighted by molar-refractivity contribution is 8.00. The lowest BCUT2D eigenvalue weighted by Gasteiger charge is -2.49. The molecule has 0 unspecified atom stereocenters. The quantitative estimate of drug-likeness (QED) is 0.457. The maximum absolute atomic E-state index is 12.8. The number of aliphatic imine (C=N–C) groups is 1. The van der Waals surface area contributed by atoms with Gasteiger partial charge < -0.3 is 16.2 Å². The van der Waals surface area contributed by atoms with E-state index in [-0.39, 0.29) is 17.5 Å². The molecule has 0 spiro atoms. The molecule has 0 radical (unpaired) electrons. The number of allylic oxidation sites excluding steroid dienone is 1. The van der Waals surface area contributed by atoms with Crippen LogP contribution in [0.15, 0.2) is 34.3 Å². The highest BCUT2D eigenvalue weighted by atomic mass is 32.2. The van der Waals surface area contributed by atoms with Crippen molar-refractivity contribution in [2.75, 3.05) is 11.5 Å². The number of thioether (sulfide) groups is 1. The van der Waals surface area contributed by atoms with Crippen molar-refractivity contribution in [3.8, 4) is 0 Å². The van der Waals surface area contributed by atoms with Crippen LogP contribution < -0.4 is 11.1 Å². The van der Waals surface area contributed by atoms with Gasteiger partial charge in [-0.05, 0) is 19.4 Å². The number of thiazole rings is 1. The summed E-state index contributed by atoms with van der Waals surface area (Å²) in [5.74, 6) is -1.84. The Morgan fingerprint density at radius 1 is 1.54 bits per heavy atom. The molecular formula is C17H19N5O4S2. The molecule has 0 bridgehead atoms. The number of nitrogens with one attached hydrogen (secondary N) is 1. The Kier molecular flexibility index (Phi) is 5.57. The number of carbonyl (C=O) groups excluding carboxylic acids is 2. The number of carboxylic acids is 1. The largest absolute Gasteiger partial charge is 0.477 e. The minimum Gasteiger partial charge on any atom is -0.477 e. The summed E-state index contributed by atoms with van der Waals surface area (Å²) in [6, 6.07) is -1.01. The van der Waals surface area contributed by atoms with Crippen LogP contribution in [0.5, 0.6) is 0 Å². The predicted molar refractivity (Wildman–Crippen MR) is 108 cm³/mol. The topological polar surface area (TPSA) is 138 Å².